The number of amides is 1. The Hall–Kier alpha value is -2.22. The van der Waals surface area contributed by atoms with Crippen molar-refractivity contribution in [1.29, 1.82) is 0 Å². The third kappa shape index (κ3) is 5.15. The molecule has 0 aliphatic carbocycles. The van der Waals surface area contributed by atoms with Crippen molar-refractivity contribution in [1.82, 2.24) is 14.9 Å². The molecular formula is C19H27N3O4S. The van der Waals surface area contributed by atoms with E-state index in [1.807, 2.05) is 6.92 Å². The third-order valence-electron chi connectivity index (χ3n) is 4.28. The molecule has 2 rings (SSSR count). The molecule has 1 N–H and O–H groups in total. The van der Waals surface area contributed by atoms with E-state index in [0.29, 0.717) is 26.6 Å². The number of aromatic nitrogens is 2. The van der Waals surface area contributed by atoms with E-state index < -0.39 is 5.97 Å². The monoisotopic (exact) mass is 393 g/mol. The van der Waals surface area contributed by atoms with Gasteiger partial charge in [-0.1, -0.05) is 13.8 Å². The van der Waals surface area contributed by atoms with Gasteiger partial charge in [-0.25, -0.2) is 9.78 Å². The number of ether oxygens (including phenoxy) is 1. The molecule has 1 amide bonds. The molecule has 0 saturated heterocycles. The number of fused-ring (bicyclic) bond motifs is 1. The first-order valence-electron chi connectivity index (χ1n) is 9.19. The predicted molar refractivity (Wildman–Crippen MR) is 106 cm³/mol. The second kappa shape index (κ2) is 9.12. The van der Waals surface area contributed by atoms with Crippen molar-refractivity contribution in [2.24, 2.45) is 5.92 Å². The molecule has 2 aromatic rings. The number of nitrogens with zero attached hydrogens (tertiary/aromatic N) is 2. The van der Waals surface area contributed by atoms with Gasteiger partial charge in [0.2, 0.25) is 5.91 Å². The van der Waals surface area contributed by atoms with Crippen LogP contribution in [-0.4, -0.2) is 34.1 Å². The molecule has 0 saturated carbocycles. The summed E-state index contributed by atoms with van der Waals surface area (Å²) in [6.07, 6.45) is 3.27. The quantitative estimate of drug-likeness (QED) is 0.697. The summed E-state index contributed by atoms with van der Waals surface area (Å²) in [6.45, 7) is 9.83. The van der Waals surface area contributed by atoms with E-state index in [0.717, 1.165) is 24.2 Å². The van der Waals surface area contributed by atoms with Crippen molar-refractivity contribution in [2.45, 2.75) is 60.0 Å². The van der Waals surface area contributed by atoms with Crippen LogP contribution >= 0.6 is 11.3 Å². The van der Waals surface area contributed by atoms with E-state index in [1.165, 1.54) is 10.9 Å². The van der Waals surface area contributed by atoms with Crippen molar-refractivity contribution in [2.75, 3.05) is 6.61 Å². The van der Waals surface area contributed by atoms with Crippen LogP contribution in [0.4, 0.5) is 0 Å². The number of thiophene rings is 1. The highest BCUT2D eigenvalue weighted by Crippen LogP contribution is 2.27. The highest BCUT2D eigenvalue weighted by molar-refractivity contribution is 7.20. The maximum atomic E-state index is 12.8. The van der Waals surface area contributed by atoms with Gasteiger partial charge in [0.1, 0.15) is 16.3 Å². The molecule has 0 spiro atoms. The fourth-order valence-corrected chi connectivity index (χ4v) is 3.83. The van der Waals surface area contributed by atoms with Crippen molar-refractivity contribution in [3.8, 4) is 0 Å². The SMILES string of the molecule is CCOC(=O)c1sc2ncn(CC(=O)N[C@@H](C)CCC(C)C)c(=O)c2c1C. The van der Waals surface area contributed by atoms with Crippen LogP contribution in [0.5, 0.6) is 0 Å². The molecule has 148 valence electrons. The van der Waals surface area contributed by atoms with Crippen LogP contribution < -0.4 is 10.9 Å². The summed E-state index contributed by atoms with van der Waals surface area (Å²) in [6, 6.07) is 0.0468. The van der Waals surface area contributed by atoms with Crippen LogP contribution in [0.15, 0.2) is 11.1 Å². The van der Waals surface area contributed by atoms with E-state index in [9.17, 15) is 14.4 Å². The minimum absolute atomic E-state index is 0.0468. The lowest BCUT2D eigenvalue weighted by atomic mass is 10.0. The molecule has 0 aromatic carbocycles. The average molecular weight is 394 g/mol. The lowest BCUT2D eigenvalue weighted by Crippen LogP contribution is -2.37. The molecule has 1 atom stereocenters. The highest BCUT2D eigenvalue weighted by atomic mass is 32.1. The summed E-state index contributed by atoms with van der Waals surface area (Å²) in [5.41, 5.74) is 0.222. The Morgan fingerprint density at radius 3 is 2.63 bits per heavy atom. The van der Waals surface area contributed by atoms with Crippen LogP contribution in [0.3, 0.4) is 0 Å². The largest absolute Gasteiger partial charge is 0.462 e. The Morgan fingerprint density at radius 2 is 2.00 bits per heavy atom. The zero-order chi connectivity index (χ0) is 20.1. The fraction of sp³-hybridized carbons (Fsp3) is 0.579. The second-order valence-electron chi connectivity index (χ2n) is 7.07. The van der Waals surface area contributed by atoms with Gasteiger partial charge in [0.05, 0.1) is 18.3 Å². The van der Waals surface area contributed by atoms with Crippen LogP contribution in [0.25, 0.3) is 10.2 Å². The smallest absolute Gasteiger partial charge is 0.348 e. The summed E-state index contributed by atoms with van der Waals surface area (Å²) in [4.78, 5) is 42.2. The Kier molecular flexibility index (Phi) is 7.12. The van der Waals surface area contributed by atoms with E-state index in [4.69, 9.17) is 4.74 Å². The molecule has 0 aliphatic heterocycles. The number of esters is 1. The number of carbonyl (C=O) groups is 2. The number of hydrogen-bond acceptors (Lipinski definition) is 6. The van der Waals surface area contributed by atoms with Gasteiger partial charge in [-0.2, -0.15) is 0 Å². The molecule has 8 heteroatoms. The molecule has 7 nitrogen and oxygen atoms in total. The topological polar surface area (TPSA) is 90.3 Å². The average Bonchev–Trinajstić information content (AvgIpc) is 2.93. The minimum atomic E-state index is -0.458. The van der Waals surface area contributed by atoms with Gasteiger partial charge < -0.3 is 10.1 Å². The zero-order valence-corrected chi connectivity index (χ0v) is 17.3. The van der Waals surface area contributed by atoms with Crippen LogP contribution in [0, 0.1) is 12.8 Å². The third-order valence-corrected chi connectivity index (χ3v) is 5.46. The first kappa shape index (κ1) is 21.1. The molecule has 27 heavy (non-hydrogen) atoms. The molecule has 2 aromatic heterocycles. The lowest BCUT2D eigenvalue weighted by Gasteiger charge is -2.15. The minimum Gasteiger partial charge on any atom is -0.462 e. The van der Waals surface area contributed by atoms with Gasteiger partial charge in [-0.05, 0) is 45.1 Å². The Morgan fingerprint density at radius 1 is 1.30 bits per heavy atom. The second-order valence-corrected chi connectivity index (χ2v) is 8.07. The van der Waals surface area contributed by atoms with E-state index in [2.05, 4.69) is 24.1 Å². The van der Waals surface area contributed by atoms with Crippen molar-refractivity contribution < 1.29 is 14.3 Å². The first-order valence-corrected chi connectivity index (χ1v) is 10.0. The fourth-order valence-electron chi connectivity index (χ4n) is 2.79. The normalized spacial score (nSPS) is 12.4. The van der Waals surface area contributed by atoms with Crippen LogP contribution in [0.2, 0.25) is 0 Å². The number of rotatable bonds is 8. The van der Waals surface area contributed by atoms with E-state index in [-0.39, 0.29) is 30.7 Å². The summed E-state index contributed by atoms with van der Waals surface area (Å²) < 4.78 is 6.31. The van der Waals surface area contributed by atoms with Crippen LogP contribution in [0.1, 0.15) is 55.8 Å². The predicted octanol–water partition coefficient (Wildman–Crippen LogP) is 2.88. The molecule has 0 bridgehead atoms. The molecule has 0 fully saturated rings. The van der Waals surface area contributed by atoms with Gasteiger partial charge in [-0.15, -0.1) is 11.3 Å². The first-order chi connectivity index (χ1) is 12.7. The lowest BCUT2D eigenvalue weighted by molar-refractivity contribution is -0.122. The molecule has 0 radical (unpaired) electrons. The Balaban J connectivity index is 2.19. The van der Waals surface area contributed by atoms with Gasteiger partial charge in [0, 0.05) is 6.04 Å². The van der Waals surface area contributed by atoms with Gasteiger partial charge in [-0.3, -0.25) is 14.2 Å². The standard InChI is InChI=1S/C19H27N3O4S/c1-6-26-19(25)16-13(5)15-17(27-16)20-10-22(18(15)24)9-14(23)21-12(4)8-7-11(2)3/h10-12H,6-9H2,1-5H3,(H,21,23)/t12-/m0/s1. The van der Waals surface area contributed by atoms with Crippen LogP contribution in [-0.2, 0) is 16.1 Å². The summed E-state index contributed by atoms with van der Waals surface area (Å²) in [5.74, 6) is -0.109. The maximum absolute atomic E-state index is 12.8. The number of hydrogen-bond donors (Lipinski definition) is 1. The maximum Gasteiger partial charge on any atom is 0.348 e. The zero-order valence-electron chi connectivity index (χ0n) is 16.5. The molecule has 0 aliphatic rings. The molecule has 0 unspecified atom stereocenters. The number of nitrogens with one attached hydrogen (secondary N) is 1. The molecular weight excluding hydrogens is 366 g/mol. The Bertz CT molecular complexity index is 885. The summed E-state index contributed by atoms with van der Waals surface area (Å²) in [5, 5.41) is 3.28. The molecule has 2 heterocycles. The summed E-state index contributed by atoms with van der Waals surface area (Å²) >= 11 is 1.13. The number of carbonyl (C=O) groups excluding carboxylic acids is 2. The number of aryl methyl sites for hydroxylation is 1. The van der Waals surface area contributed by atoms with Gasteiger partial charge >= 0.3 is 5.97 Å². The van der Waals surface area contributed by atoms with Gasteiger partial charge in [0.15, 0.2) is 0 Å². The summed E-state index contributed by atoms with van der Waals surface area (Å²) in [7, 11) is 0. The van der Waals surface area contributed by atoms with E-state index >= 15 is 0 Å². The van der Waals surface area contributed by atoms with E-state index in [1.54, 1.807) is 13.8 Å². The van der Waals surface area contributed by atoms with Crippen molar-refractivity contribution in [3.63, 3.8) is 0 Å². The Labute approximate surface area is 162 Å². The highest BCUT2D eigenvalue weighted by Gasteiger charge is 2.21. The van der Waals surface area contributed by atoms with Crippen molar-refractivity contribution in [3.05, 3.63) is 27.1 Å². The van der Waals surface area contributed by atoms with Gasteiger partial charge in [0.25, 0.3) is 5.56 Å². The van der Waals surface area contributed by atoms with Crippen molar-refractivity contribution >= 4 is 33.4 Å².